The molecule has 0 atom stereocenters. The standard InChI is InChI=1S/C57H50O2S6/c1-10-59-55(58)34-15-16-37-38-28-35(56(4,5)6)30-40(32(38)2)53(51-23-21-49(64-51)47-19-17-45(62-47)43-13-11-25-60-43)54(41-31-36(57(7,8)9)29-39(33(41)3)42(37)27-34)52-24-22-50(65-52)48-20-18-46(63-48)44-14-12-26-61-44/h11-31H,10H2,1-9H3. The summed E-state index contributed by atoms with van der Waals surface area (Å²) < 4.78 is 5.63. The summed E-state index contributed by atoms with van der Waals surface area (Å²) in [5, 5.41) is 11.2. The maximum atomic E-state index is 13.5. The van der Waals surface area contributed by atoms with Gasteiger partial charge in [-0.2, -0.15) is 0 Å². The fourth-order valence-electron chi connectivity index (χ4n) is 8.75. The molecule has 10 rings (SSSR count). The van der Waals surface area contributed by atoms with E-state index in [1.165, 1.54) is 98.3 Å². The zero-order chi connectivity index (χ0) is 45.4. The minimum absolute atomic E-state index is 0.146. The average Bonchev–Trinajstić information content (AvgIpc) is 4.13. The number of carbonyl (C=O) groups excluding carboxylic acids is 1. The Balaban J connectivity index is 1.37. The number of thiophene rings is 6. The number of ether oxygens (including phenoxy) is 1. The first-order valence-electron chi connectivity index (χ1n) is 22.0. The van der Waals surface area contributed by atoms with Gasteiger partial charge in [0.15, 0.2) is 0 Å². The predicted octanol–water partition coefficient (Wildman–Crippen LogP) is 19.5. The molecular weight excluding hydrogens is 909 g/mol. The SMILES string of the molecule is CCOC(=O)c1ccc2c3cc(C(C)(C)C)cc(c(-c4ccc(-c5ccc(-c6cccs6)s5)s4)c(-c4ccc(-c5ccc(-c6cccs6)s5)s4)c4cc(C(C)(C)C)cc(c4C)c2c1)c3C. The molecule has 8 heteroatoms. The van der Waals surface area contributed by atoms with E-state index in [0.717, 1.165) is 16.2 Å². The van der Waals surface area contributed by atoms with Gasteiger partial charge in [-0.15, -0.1) is 68.0 Å². The Morgan fingerprint density at radius 3 is 1.23 bits per heavy atom. The summed E-state index contributed by atoms with van der Waals surface area (Å²) in [6, 6.07) is 43.2. The number of rotatable bonds is 8. The molecule has 0 saturated carbocycles. The number of fused-ring (bicyclic) bond motifs is 7. The van der Waals surface area contributed by atoms with Crippen LogP contribution in [0.3, 0.4) is 0 Å². The second-order valence-corrected chi connectivity index (χ2v) is 25.0. The largest absolute Gasteiger partial charge is 0.462 e. The molecule has 4 bridgehead atoms. The topological polar surface area (TPSA) is 26.3 Å². The number of benzene rings is 3. The highest BCUT2D eigenvalue weighted by Crippen LogP contribution is 2.51. The van der Waals surface area contributed by atoms with Crippen molar-refractivity contribution in [2.45, 2.75) is 73.1 Å². The van der Waals surface area contributed by atoms with E-state index in [1.807, 2.05) is 58.3 Å². The highest BCUT2D eigenvalue weighted by molar-refractivity contribution is 7.28. The second-order valence-electron chi connectivity index (χ2n) is 18.7. The summed E-state index contributed by atoms with van der Waals surface area (Å²) in [5.74, 6) is -0.301. The van der Waals surface area contributed by atoms with E-state index in [1.54, 1.807) is 22.7 Å². The first kappa shape index (κ1) is 43.9. The maximum absolute atomic E-state index is 13.5. The lowest BCUT2D eigenvalue weighted by atomic mass is 9.80. The van der Waals surface area contributed by atoms with Crippen molar-refractivity contribution in [3.8, 4) is 59.9 Å². The normalized spacial score (nSPS) is 12.2. The first-order chi connectivity index (χ1) is 31.2. The van der Waals surface area contributed by atoms with Crippen LogP contribution in [0.5, 0.6) is 0 Å². The summed E-state index contributed by atoms with van der Waals surface area (Å²) in [7, 11) is 0. The molecule has 0 aliphatic rings. The Morgan fingerprint density at radius 1 is 0.446 bits per heavy atom. The number of carbonyl (C=O) groups is 1. The van der Waals surface area contributed by atoms with Crippen molar-refractivity contribution >= 4 is 106 Å². The molecule has 0 fully saturated rings. The van der Waals surface area contributed by atoms with Crippen LogP contribution in [0, 0.1) is 13.8 Å². The van der Waals surface area contributed by atoms with Crippen molar-refractivity contribution in [1.29, 1.82) is 0 Å². The molecule has 2 nitrogen and oxygen atoms in total. The van der Waals surface area contributed by atoms with Gasteiger partial charge < -0.3 is 4.74 Å². The lowest BCUT2D eigenvalue weighted by Crippen LogP contribution is -2.12. The summed E-state index contributed by atoms with van der Waals surface area (Å²) in [6.07, 6.45) is 0. The average molecular weight is 959 g/mol. The van der Waals surface area contributed by atoms with Gasteiger partial charge in [-0.05, 0) is 170 Å². The third-order valence-corrected chi connectivity index (χ3v) is 19.3. The molecule has 6 heterocycles. The van der Waals surface area contributed by atoms with Crippen LogP contribution < -0.4 is 0 Å². The number of esters is 1. The molecule has 4 aromatic carbocycles. The van der Waals surface area contributed by atoms with Crippen molar-refractivity contribution in [2.24, 2.45) is 0 Å². The van der Waals surface area contributed by atoms with Crippen molar-refractivity contribution in [2.75, 3.05) is 6.61 Å². The van der Waals surface area contributed by atoms with Crippen LogP contribution in [-0.4, -0.2) is 12.6 Å². The van der Waals surface area contributed by atoms with Gasteiger partial charge in [-0.25, -0.2) is 4.79 Å². The van der Waals surface area contributed by atoms with E-state index in [0.29, 0.717) is 12.2 Å². The van der Waals surface area contributed by atoms with Gasteiger partial charge in [0.1, 0.15) is 0 Å². The Kier molecular flexibility index (Phi) is 11.5. The highest BCUT2D eigenvalue weighted by Gasteiger charge is 2.26. The van der Waals surface area contributed by atoms with Gasteiger partial charge >= 0.3 is 5.97 Å². The zero-order valence-corrected chi connectivity index (χ0v) is 43.0. The molecule has 0 amide bonds. The molecule has 65 heavy (non-hydrogen) atoms. The number of hydrogen-bond donors (Lipinski definition) is 0. The summed E-state index contributed by atoms with van der Waals surface area (Å²) >= 11 is 11.1. The number of hydrogen-bond acceptors (Lipinski definition) is 8. The molecule has 0 saturated heterocycles. The lowest BCUT2D eigenvalue weighted by molar-refractivity contribution is 0.0526. The van der Waals surface area contributed by atoms with Gasteiger partial charge in [0.25, 0.3) is 0 Å². The molecule has 10 aromatic rings. The maximum Gasteiger partial charge on any atom is 0.338 e. The van der Waals surface area contributed by atoms with E-state index in [4.69, 9.17) is 4.74 Å². The lowest BCUT2D eigenvalue weighted by Gasteiger charge is -2.24. The monoisotopic (exact) mass is 958 g/mol. The zero-order valence-electron chi connectivity index (χ0n) is 38.1. The highest BCUT2D eigenvalue weighted by atomic mass is 32.1. The molecule has 6 aromatic heterocycles. The molecular formula is C57H50O2S6. The second kappa shape index (κ2) is 17.1. The van der Waals surface area contributed by atoms with Crippen LogP contribution in [0.2, 0.25) is 0 Å². The van der Waals surface area contributed by atoms with Crippen molar-refractivity contribution in [1.82, 2.24) is 0 Å². The van der Waals surface area contributed by atoms with Crippen LogP contribution in [0.4, 0.5) is 0 Å². The Bertz CT molecular complexity index is 3440. The Labute approximate surface area is 406 Å². The van der Waals surface area contributed by atoms with Gasteiger partial charge in [0.05, 0.1) is 12.2 Å². The third-order valence-electron chi connectivity index (χ3n) is 12.4. The van der Waals surface area contributed by atoms with E-state index in [-0.39, 0.29) is 16.8 Å². The van der Waals surface area contributed by atoms with Crippen LogP contribution in [0.1, 0.15) is 81.1 Å². The van der Waals surface area contributed by atoms with E-state index >= 15 is 0 Å². The fraction of sp³-hybridized carbons (Fsp3) is 0.211. The molecule has 0 aliphatic heterocycles. The Hall–Kier alpha value is -4.93. The first-order valence-corrected chi connectivity index (χ1v) is 27.0. The molecule has 326 valence electrons. The minimum Gasteiger partial charge on any atom is -0.462 e. The van der Waals surface area contributed by atoms with Crippen LogP contribution in [0.25, 0.3) is 92.2 Å². The van der Waals surface area contributed by atoms with E-state index in [9.17, 15) is 4.79 Å². The summed E-state index contributed by atoms with van der Waals surface area (Å²) in [5.41, 5.74) is 7.67. The molecule has 0 aliphatic carbocycles. The van der Waals surface area contributed by atoms with Gasteiger partial charge in [0, 0.05) is 59.9 Å². The van der Waals surface area contributed by atoms with E-state index < -0.39 is 0 Å². The van der Waals surface area contributed by atoms with E-state index in [2.05, 4.69) is 175 Å². The molecule has 0 unspecified atom stereocenters. The smallest absolute Gasteiger partial charge is 0.338 e. The van der Waals surface area contributed by atoms with Crippen molar-refractivity contribution < 1.29 is 9.53 Å². The molecule has 0 N–H and O–H groups in total. The predicted molar refractivity (Wildman–Crippen MR) is 290 cm³/mol. The van der Waals surface area contributed by atoms with Crippen LogP contribution >= 0.6 is 68.0 Å². The summed E-state index contributed by atoms with van der Waals surface area (Å²) in [6.45, 7) is 20.7. The molecule has 0 radical (unpaired) electrons. The van der Waals surface area contributed by atoms with Crippen molar-refractivity contribution in [3.05, 3.63) is 154 Å². The minimum atomic E-state index is -0.301. The summed E-state index contributed by atoms with van der Waals surface area (Å²) in [4.78, 5) is 26.3. The van der Waals surface area contributed by atoms with Crippen molar-refractivity contribution in [3.63, 3.8) is 0 Å². The molecule has 0 spiro atoms. The fourth-order valence-corrected chi connectivity index (χ4v) is 14.8. The van der Waals surface area contributed by atoms with Crippen LogP contribution in [-0.2, 0) is 15.6 Å². The number of aryl methyl sites for hydroxylation is 2. The van der Waals surface area contributed by atoms with Gasteiger partial charge in [-0.1, -0.05) is 84.0 Å². The van der Waals surface area contributed by atoms with Gasteiger partial charge in [-0.3, -0.25) is 0 Å². The van der Waals surface area contributed by atoms with Crippen LogP contribution in [0.15, 0.2) is 126 Å². The quantitative estimate of drug-likeness (QED) is 0.142. The third kappa shape index (κ3) is 8.21. The Morgan fingerprint density at radius 2 is 0.831 bits per heavy atom. The van der Waals surface area contributed by atoms with Gasteiger partial charge in [0.2, 0.25) is 0 Å².